The molecule has 1 unspecified atom stereocenters. The van der Waals surface area contributed by atoms with Crippen LogP contribution < -0.4 is 15.8 Å². The van der Waals surface area contributed by atoms with Gasteiger partial charge in [-0.2, -0.15) is 11.8 Å². The fourth-order valence-electron chi connectivity index (χ4n) is 2.26. The molecule has 3 N–H and O–H groups in total. The molecule has 0 spiro atoms. The number of rotatable bonds is 8. The number of hydrogen-bond acceptors (Lipinski definition) is 4. The Hall–Kier alpha value is -2.05. The maximum absolute atomic E-state index is 14.3. The summed E-state index contributed by atoms with van der Waals surface area (Å²) in [7, 11) is 0. The largest absolute Gasteiger partial charge is 0.454 e. The summed E-state index contributed by atoms with van der Waals surface area (Å²) < 4.78 is 19.8. The van der Waals surface area contributed by atoms with E-state index >= 15 is 0 Å². The third-order valence-electron chi connectivity index (χ3n) is 3.76. The molecule has 0 aliphatic heterocycles. The molecule has 0 aliphatic carbocycles. The van der Waals surface area contributed by atoms with Crippen LogP contribution >= 0.6 is 11.8 Å². The Kier molecular flexibility index (Phi) is 7.28. The predicted molar refractivity (Wildman–Crippen MR) is 100 cm³/mol. The van der Waals surface area contributed by atoms with E-state index in [-0.39, 0.29) is 17.7 Å². The molecule has 2 atom stereocenters. The number of carbonyl (C=O) groups excluding carboxylic acids is 1. The first kappa shape index (κ1) is 19.3. The molecule has 0 saturated carbocycles. The molecule has 0 aromatic heterocycles. The normalized spacial score (nSPS) is 13.1. The minimum Gasteiger partial charge on any atom is -0.454 e. The van der Waals surface area contributed by atoms with Crippen LogP contribution in [0.2, 0.25) is 0 Å². The standard InChI is InChI=1S/C19H23FN2O2S/c1-13(22-19(23)17(21)10-11-25-2)14-8-9-18(16(20)12-14)24-15-6-4-3-5-7-15/h3-9,12-13,17H,10-11,21H2,1-2H3,(H,22,23)/t13?,17-/m0/s1. The molecular formula is C19H23FN2O2S. The van der Waals surface area contributed by atoms with Crippen molar-refractivity contribution in [2.75, 3.05) is 12.0 Å². The van der Waals surface area contributed by atoms with Crippen molar-refractivity contribution in [1.29, 1.82) is 0 Å². The van der Waals surface area contributed by atoms with Gasteiger partial charge in [0, 0.05) is 0 Å². The van der Waals surface area contributed by atoms with Gasteiger partial charge in [0.25, 0.3) is 0 Å². The Morgan fingerprint density at radius 1 is 1.28 bits per heavy atom. The van der Waals surface area contributed by atoms with Gasteiger partial charge in [0.05, 0.1) is 12.1 Å². The van der Waals surface area contributed by atoms with E-state index < -0.39 is 11.9 Å². The number of carbonyl (C=O) groups is 1. The van der Waals surface area contributed by atoms with Crippen molar-refractivity contribution in [1.82, 2.24) is 5.32 Å². The summed E-state index contributed by atoms with van der Waals surface area (Å²) in [5, 5.41) is 2.82. The van der Waals surface area contributed by atoms with Crippen LogP contribution in [0.1, 0.15) is 24.9 Å². The summed E-state index contributed by atoms with van der Waals surface area (Å²) in [6, 6.07) is 12.8. The lowest BCUT2D eigenvalue weighted by atomic mass is 10.1. The Morgan fingerprint density at radius 2 is 2.00 bits per heavy atom. The lowest BCUT2D eigenvalue weighted by molar-refractivity contribution is -0.123. The van der Waals surface area contributed by atoms with Crippen molar-refractivity contribution in [3.8, 4) is 11.5 Å². The monoisotopic (exact) mass is 362 g/mol. The van der Waals surface area contributed by atoms with Crippen LogP contribution in [-0.4, -0.2) is 24.0 Å². The van der Waals surface area contributed by atoms with Crippen molar-refractivity contribution in [2.24, 2.45) is 5.73 Å². The topological polar surface area (TPSA) is 64.4 Å². The van der Waals surface area contributed by atoms with Gasteiger partial charge in [-0.3, -0.25) is 4.79 Å². The predicted octanol–water partition coefficient (Wildman–Crippen LogP) is 3.88. The SMILES string of the molecule is CSCC[C@H](N)C(=O)NC(C)c1ccc(Oc2ccccc2)c(F)c1. The maximum atomic E-state index is 14.3. The number of ether oxygens (including phenoxy) is 1. The third-order valence-corrected chi connectivity index (χ3v) is 4.40. The van der Waals surface area contributed by atoms with Crippen molar-refractivity contribution < 1.29 is 13.9 Å². The van der Waals surface area contributed by atoms with E-state index in [0.29, 0.717) is 17.7 Å². The second kappa shape index (κ2) is 9.44. The van der Waals surface area contributed by atoms with Crippen molar-refractivity contribution >= 4 is 17.7 Å². The quantitative estimate of drug-likeness (QED) is 0.748. The molecule has 134 valence electrons. The van der Waals surface area contributed by atoms with Gasteiger partial charge in [-0.1, -0.05) is 24.3 Å². The van der Waals surface area contributed by atoms with E-state index in [1.807, 2.05) is 24.5 Å². The molecular weight excluding hydrogens is 339 g/mol. The lowest BCUT2D eigenvalue weighted by Crippen LogP contribution is -2.41. The number of hydrogen-bond donors (Lipinski definition) is 2. The van der Waals surface area contributed by atoms with Gasteiger partial charge < -0.3 is 15.8 Å². The zero-order chi connectivity index (χ0) is 18.2. The number of amides is 1. The molecule has 0 saturated heterocycles. The Morgan fingerprint density at radius 3 is 2.64 bits per heavy atom. The van der Waals surface area contributed by atoms with Crippen LogP contribution in [0.3, 0.4) is 0 Å². The summed E-state index contributed by atoms with van der Waals surface area (Å²) in [5.74, 6) is 0.824. The summed E-state index contributed by atoms with van der Waals surface area (Å²) >= 11 is 1.64. The van der Waals surface area contributed by atoms with Crippen LogP contribution in [0.5, 0.6) is 11.5 Å². The zero-order valence-corrected chi connectivity index (χ0v) is 15.2. The van der Waals surface area contributed by atoms with Crippen LogP contribution in [0.4, 0.5) is 4.39 Å². The highest BCUT2D eigenvalue weighted by atomic mass is 32.2. The fraction of sp³-hybridized carbons (Fsp3) is 0.316. The number of nitrogens with two attached hydrogens (primary N) is 1. The Labute approximate surface area is 151 Å². The molecule has 4 nitrogen and oxygen atoms in total. The smallest absolute Gasteiger partial charge is 0.237 e. The van der Waals surface area contributed by atoms with Crippen LogP contribution in [0.15, 0.2) is 48.5 Å². The summed E-state index contributed by atoms with van der Waals surface area (Å²) in [6.07, 6.45) is 2.58. The van der Waals surface area contributed by atoms with E-state index in [1.165, 1.54) is 6.07 Å². The number of benzene rings is 2. The number of thioether (sulfide) groups is 1. The molecule has 25 heavy (non-hydrogen) atoms. The number of nitrogens with one attached hydrogen (secondary N) is 1. The maximum Gasteiger partial charge on any atom is 0.237 e. The van der Waals surface area contributed by atoms with Gasteiger partial charge in [0.1, 0.15) is 5.75 Å². The van der Waals surface area contributed by atoms with Gasteiger partial charge in [0.15, 0.2) is 11.6 Å². The second-order valence-corrected chi connectivity index (χ2v) is 6.71. The van der Waals surface area contributed by atoms with Gasteiger partial charge in [-0.15, -0.1) is 0 Å². The van der Waals surface area contributed by atoms with Gasteiger partial charge in [-0.05, 0) is 55.2 Å². The average Bonchev–Trinajstić information content (AvgIpc) is 2.62. The molecule has 6 heteroatoms. The molecule has 2 rings (SSSR count). The highest BCUT2D eigenvalue weighted by Gasteiger charge is 2.17. The molecule has 2 aromatic rings. The van der Waals surface area contributed by atoms with Gasteiger partial charge in [-0.25, -0.2) is 4.39 Å². The molecule has 0 bridgehead atoms. The van der Waals surface area contributed by atoms with E-state index in [2.05, 4.69) is 5.32 Å². The van der Waals surface area contributed by atoms with Crippen molar-refractivity contribution in [3.63, 3.8) is 0 Å². The van der Waals surface area contributed by atoms with Gasteiger partial charge >= 0.3 is 0 Å². The molecule has 0 radical (unpaired) electrons. The fourth-order valence-corrected chi connectivity index (χ4v) is 2.75. The highest BCUT2D eigenvalue weighted by Crippen LogP contribution is 2.26. The molecule has 0 fully saturated rings. The van der Waals surface area contributed by atoms with E-state index in [4.69, 9.17) is 10.5 Å². The average molecular weight is 362 g/mol. The number of para-hydroxylation sites is 1. The summed E-state index contributed by atoms with van der Waals surface area (Å²) in [5.41, 5.74) is 6.51. The molecule has 0 aliphatic rings. The van der Waals surface area contributed by atoms with Crippen molar-refractivity contribution in [2.45, 2.75) is 25.4 Å². The van der Waals surface area contributed by atoms with E-state index in [9.17, 15) is 9.18 Å². The van der Waals surface area contributed by atoms with Crippen molar-refractivity contribution in [3.05, 3.63) is 59.9 Å². The van der Waals surface area contributed by atoms with Crippen LogP contribution in [-0.2, 0) is 4.79 Å². The Bertz CT molecular complexity index is 697. The number of halogens is 1. The molecule has 1 amide bonds. The lowest BCUT2D eigenvalue weighted by Gasteiger charge is -2.18. The minimum absolute atomic E-state index is 0.144. The van der Waals surface area contributed by atoms with Gasteiger partial charge in [0.2, 0.25) is 5.91 Å². The summed E-state index contributed by atoms with van der Waals surface area (Å²) in [6.45, 7) is 1.80. The van der Waals surface area contributed by atoms with Crippen LogP contribution in [0.25, 0.3) is 0 Å². The highest BCUT2D eigenvalue weighted by molar-refractivity contribution is 7.98. The molecule has 2 aromatic carbocycles. The molecule has 0 heterocycles. The minimum atomic E-state index is -0.555. The third kappa shape index (κ3) is 5.76. The first-order valence-electron chi connectivity index (χ1n) is 8.08. The zero-order valence-electron chi connectivity index (χ0n) is 14.4. The van der Waals surface area contributed by atoms with E-state index in [1.54, 1.807) is 43.0 Å². The van der Waals surface area contributed by atoms with E-state index in [0.717, 1.165) is 5.75 Å². The first-order chi connectivity index (χ1) is 12.0. The Balaban J connectivity index is 2.00. The second-order valence-electron chi connectivity index (χ2n) is 5.72. The van der Waals surface area contributed by atoms with Crippen LogP contribution in [0, 0.1) is 5.82 Å². The summed E-state index contributed by atoms with van der Waals surface area (Å²) in [4.78, 5) is 12.1. The first-order valence-corrected chi connectivity index (χ1v) is 9.48.